The van der Waals surface area contributed by atoms with Crippen molar-refractivity contribution in [1.29, 1.82) is 0 Å². The molecular formula is C12H20O4. The molecule has 92 valence electrons. The van der Waals surface area contributed by atoms with E-state index in [4.69, 9.17) is 9.47 Å². The number of carbonyl (C=O) groups is 2. The summed E-state index contributed by atoms with van der Waals surface area (Å²) in [5, 5.41) is 0. The number of rotatable bonds is 6. The fourth-order valence-corrected chi connectivity index (χ4v) is 1.94. The van der Waals surface area contributed by atoms with Crippen molar-refractivity contribution in [2.75, 3.05) is 13.2 Å². The summed E-state index contributed by atoms with van der Waals surface area (Å²) < 4.78 is 10.4. The minimum Gasteiger partial charge on any atom is -0.465 e. The molecule has 0 N–H and O–H groups in total. The zero-order chi connectivity index (χ0) is 12.0. The lowest BCUT2D eigenvalue weighted by atomic mass is 9.94. The van der Waals surface area contributed by atoms with E-state index in [2.05, 4.69) is 0 Å². The minimum absolute atomic E-state index is 0.0462. The highest BCUT2D eigenvalue weighted by molar-refractivity contribution is 5.98. The van der Waals surface area contributed by atoms with Crippen LogP contribution in [0.5, 0.6) is 0 Å². The van der Waals surface area contributed by atoms with Gasteiger partial charge in [-0.05, 0) is 26.2 Å². The van der Waals surface area contributed by atoms with Gasteiger partial charge in [-0.25, -0.2) is 0 Å². The van der Waals surface area contributed by atoms with Crippen molar-refractivity contribution in [2.45, 2.75) is 45.6 Å². The fourth-order valence-electron chi connectivity index (χ4n) is 1.94. The molecule has 2 unspecified atom stereocenters. The van der Waals surface area contributed by atoms with Gasteiger partial charge < -0.3 is 9.47 Å². The Hall–Kier alpha value is -0.900. The quantitative estimate of drug-likeness (QED) is 0.513. The van der Waals surface area contributed by atoms with Gasteiger partial charge in [0, 0.05) is 13.0 Å². The molecule has 1 aliphatic rings. The molecule has 1 heterocycles. The van der Waals surface area contributed by atoms with E-state index in [1.807, 2.05) is 0 Å². The van der Waals surface area contributed by atoms with Crippen LogP contribution in [0.25, 0.3) is 0 Å². The van der Waals surface area contributed by atoms with Gasteiger partial charge in [-0.15, -0.1) is 0 Å². The van der Waals surface area contributed by atoms with Crippen LogP contribution in [0.1, 0.15) is 39.5 Å². The minimum atomic E-state index is -0.631. The van der Waals surface area contributed by atoms with E-state index in [9.17, 15) is 9.59 Å². The van der Waals surface area contributed by atoms with Crippen LogP contribution < -0.4 is 0 Å². The Morgan fingerprint density at radius 3 is 2.69 bits per heavy atom. The zero-order valence-electron chi connectivity index (χ0n) is 10.0. The van der Waals surface area contributed by atoms with Crippen LogP contribution in [0.4, 0.5) is 0 Å². The summed E-state index contributed by atoms with van der Waals surface area (Å²) in [5.41, 5.74) is 0. The first-order chi connectivity index (χ1) is 7.69. The van der Waals surface area contributed by atoms with E-state index in [1.165, 1.54) is 0 Å². The summed E-state index contributed by atoms with van der Waals surface area (Å²) in [6.07, 6.45) is 2.85. The van der Waals surface area contributed by atoms with E-state index in [1.54, 1.807) is 13.8 Å². The van der Waals surface area contributed by atoms with Gasteiger partial charge in [0.15, 0.2) is 0 Å². The Morgan fingerprint density at radius 2 is 2.19 bits per heavy atom. The smallest absolute Gasteiger partial charge is 0.316 e. The molecule has 0 saturated carbocycles. The van der Waals surface area contributed by atoms with Gasteiger partial charge in [-0.1, -0.05) is 6.92 Å². The van der Waals surface area contributed by atoms with E-state index >= 15 is 0 Å². The van der Waals surface area contributed by atoms with Crippen molar-refractivity contribution in [3.8, 4) is 0 Å². The molecule has 0 bridgehead atoms. The van der Waals surface area contributed by atoms with Crippen molar-refractivity contribution in [3.05, 3.63) is 0 Å². The van der Waals surface area contributed by atoms with E-state index < -0.39 is 11.9 Å². The molecule has 0 radical (unpaired) electrons. The molecule has 1 saturated heterocycles. The van der Waals surface area contributed by atoms with Gasteiger partial charge in [0.2, 0.25) is 0 Å². The molecule has 0 aromatic heterocycles. The Balaban J connectivity index is 2.55. The Labute approximate surface area is 96.3 Å². The first kappa shape index (κ1) is 13.2. The van der Waals surface area contributed by atoms with Crippen molar-refractivity contribution < 1.29 is 19.1 Å². The summed E-state index contributed by atoms with van der Waals surface area (Å²) in [4.78, 5) is 23.3. The predicted molar refractivity (Wildman–Crippen MR) is 59.0 cm³/mol. The molecule has 0 spiro atoms. The lowest BCUT2D eigenvalue weighted by molar-refractivity contribution is -0.153. The molecule has 0 aliphatic carbocycles. The Morgan fingerprint density at radius 1 is 1.44 bits per heavy atom. The van der Waals surface area contributed by atoms with Crippen LogP contribution in [0.15, 0.2) is 0 Å². The largest absolute Gasteiger partial charge is 0.465 e. The molecule has 16 heavy (non-hydrogen) atoms. The average Bonchev–Trinajstić information content (AvgIpc) is 2.78. The van der Waals surface area contributed by atoms with E-state index in [-0.39, 0.29) is 11.9 Å². The summed E-state index contributed by atoms with van der Waals surface area (Å²) in [6, 6.07) is 0. The monoisotopic (exact) mass is 228 g/mol. The first-order valence-electron chi connectivity index (χ1n) is 6.00. The number of hydrogen-bond donors (Lipinski definition) is 0. The molecule has 0 amide bonds. The zero-order valence-corrected chi connectivity index (χ0v) is 10.0. The third kappa shape index (κ3) is 3.59. The molecule has 1 aliphatic heterocycles. The average molecular weight is 228 g/mol. The van der Waals surface area contributed by atoms with Crippen LogP contribution in [0.3, 0.4) is 0 Å². The summed E-state index contributed by atoms with van der Waals surface area (Å²) in [6.45, 7) is 4.57. The molecule has 1 fully saturated rings. The lowest BCUT2D eigenvalue weighted by Crippen LogP contribution is -2.29. The third-order valence-corrected chi connectivity index (χ3v) is 2.83. The maximum Gasteiger partial charge on any atom is 0.316 e. The standard InChI is InChI=1S/C12H20O4/c1-3-11(13)10(12(14)15-4-2)8-9-6-5-7-16-9/h9-10H,3-8H2,1-2H3. The lowest BCUT2D eigenvalue weighted by Gasteiger charge is -2.17. The number of ether oxygens (including phenoxy) is 2. The molecule has 0 aromatic rings. The highest BCUT2D eigenvalue weighted by atomic mass is 16.5. The van der Waals surface area contributed by atoms with Crippen molar-refractivity contribution in [1.82, 2.24) is 0 Å². The molecule has 2 atom stereocenters. The molecule has 4 nitrogen and oxygen atoms in total. The SMILES string of the molecule is CCOC(=O)C(CC1CCCO1)C(=O)CC. The Bertz CT molecular complexity index is 243. The van der Waals surface area contributed by atoms with Gasteiger partial charge in [-0.3, -0.25) is 9.59 Å². The number of ketones is 1. The van der Waals surface area contributed by atoms with E-state index in [0.29, 0.717) is 19.4 Å². The summed E-state index contributed by atoms with van der Waals surface area (Å²) in [7, 11) is 0. The second-order valence-corrected chi connectivity index (χ2v) is 4.00. The van der Waals surface area contributed by atoms with Crippen LogP contribution in [0, 0.1) is 5.92 Å². The summed E-state index contributed by atoms with van der Waals surface area (Å²) >= 11 is 0. The fraction of sp³-hybridized carbons (Fsp3) is 0.833. The molecule has 1 rings (SSSR count). The van der Waals surface area contributed by atoms with Crippen LogP contribution in [-0.2, 0) is 19.1 Å². The molecule has 0 aromatic carbocycles. The van der Waals surface area contributed by atoms with Gasteiger partial charge >= 0.3 is 5.97 Å². The number of hydrogen-bond acceptors (Lipinski definition) is 4. The Kier molecular flexibility index (Phi) is 5.46. The topological polar surface area (TPSA) is 52.6 Å². The highest BCUT2D eigenvalue weighted by Crippen LogP contribution is 2.22. The summed E-state index contributed by atoms with van der Waals surface area (Å²) in [5.74, 6) is -1.08. The van der Waals surface area contributed by atoms with Crippen LogP contribution in [0.2, 0.25) is 0 Å². The maximum atomic E-state index is 11.7. The first-order valence-corrected chi connectivity index (χ1v) is 6.00. The van der Waals surface area contributed by atoms with Crippen molar-refractivity contribution >= 4 is 11.8 Å². The van der Waals surface area contributed by atoms with Crippen LogP contribution in [-0.4, -0.2) is 31.1 Å². The predicted octanol–water partition coefficient (Wildman–Crippen LogP) is 1.71. The third-order valence-electron chi connectivity index (χ3n) is 2.83. The number of Topliss-reactive ketones (excluding diaryl/α,β-unsaturated/α-hetero) is 1. The normalized spacial score (nSPS) is 21.8. The van der Waals surface area contributed by atoms with Gasteiger partial charge in [-0.2, -0.15) is 0 Å². The maximum absolute atomic E-state index is 11.7. The molecular weight excluding hydrogens is 208 g/mol. The van der Waals surface area contributed by atoms with E-state index in [0.717, 1.165) is 19.4 Å². The second kappa shape index (κ2) is 6.63. The highest BCUT2D eigenvalue weighted by Gasteiger charge is 2.31. The van der Waals surface area contributed by atoms with Crippen molar-refractivity contribution in [2.24, 2.45) is 5.92 Å². The van der Waals surface area contributed by atoms with Gasteiger partial charge in [0.25, 0.3) is 0 Å². The number of esters is 1. The van der Waals surface area contributed by atoms with Gasteiger partial charge in [0.1, 0.15) is 11.7 Å². The number of carbonyl (C=O) groups excluding carboxylic acids is 2. The van der Waals surface area contributed by atoms with Crippen LogP contribution >= 0.6 is 0 Å². The molecule has 4 heteroatoms. The van der Waals surface area contributed by atoms with Gasteiger partial charge in [0.05, 0.1) is 12.7 Å². The second-order valence-electron chi connectivity index (χ2n) is 4.00. The van der Waals surface area contributed by atoms with Crippen molar-refractivity contribution in [3.63, 3.8) is 0 Å².